The molecule has 1 aromatic carbocycles. The molecule has 0 atom stereocenters. The molecule has 0 spiro atoms. The standard InChI is InChI=1S/C17H19ClN2O.ClH/c1-12-4-3-5-13(8-12)15-9-14(10-20-16(15)18)21-11-17(19-2)6-7-17;/h3-5,8-10,19H,6-7,11H2,1-2H3;1H. The van der Waals surface area contributed by atoms with E-state index in [1.807, 2.05) is 25.2 Å². The van der Waals surface area contributed by atoms with Gasteiger partial charge in [0.2, 0.25) is 0 Å². The average molecular weight is 339 g/mol. The lowest BCUT2D eigenvalue weighted by Gasteiger charge is -2.16. The van der Waals surface area contributed by atoms with E-state index in [2.05, 4.69) is 29.4 Å². The molecule has 3 nitrogen and oxygen atoms in total. The number of hydrogen-bond acceptors (Lipinski definition) is 3. The molecular weight excluding hydrogens is 319 g/mol. The van der Waals surface area contributed by atoms with Crippen molar-refractivity contribution in [1.29, 1.82) is 0 Å². The summed E-state index contributed by atoms with van der Waals surface area (Å²) in [6.07, 6.45) is 4.01. The molecule has 1 aliphatic carbocycles. The van der Waals surface area contributed by atoms with Gasteiger partial charge in [-0.15, -0.1) is 12.4 Å². The number of likely N-dealkylation sites (N-methyl/N-ethyl adjacent to an activating group) is 1. The number of ether oxygens (including phenoxy) is 1. The van der Waals surface area contributed by atoms with Crippen molar-refractivity contribution in [3.63, 3.8) is 0 Å². The number of hydrogen-bond donors (Lipinski definition) is 1. The normalized spacial score (nSPS) is 15.0. The zero-order valence-corrected chi connectivity index (χ0v) is 14.3. The third kappa shape index (κ3) is 3.72. The van der Waals surface area contributed by atoms with Crippen molar-refractivity contribution in [2.75, 3.05) is 13.7 Å². The van der Waals surface area contributed by atoms with Gasteiger partial charge >= 0.3 is 0 Å². The molecule has 1 aromatic heterocycles. The Morgan fingerprint density at radius 3 is 2.73 bits per heavy atom. The van der Waals surface area contributed by atoms with E-state index in [1.165, 1.54) is 5.56 Å². The van der Waals surface area contributed by atoms with E-state index in [9.17, 15) is 0 Å². The lowest BCUT2D eigenvalue weighted by Crippen LogP contribution is -2.33. The van der Waals surface area contributed by atoms with E-state index in [-0.39, 0.29) is 17.9 Å². The van der Waals surface area contributed by atoms with Crippen LogP contribution in [0.2, 0.25) is 5.15 Å². The maximum absolute atomic E-state index is 6.23. The second kappa shape index (κ2) is 6.86. The predicted octanol–water partition coefficient (Wildman–Crippen LogP) is 4.26. The summed E-state index contributed by atoms with van der Waals surface area (Å²) in [4.78, 5) is 4.25. The van der Waals surface area contributed by atoms with Crippen LogP contribution in [0, 0.1) is 6.92 Å². The van der Waals surface area contributed by atoms with Crippen LogP contribution in [0.4, 0.5) is 0 Å². The minimum Gasteiger partial charge on any atom is -0.490 e. The van der Waals surface area contributed by atoms with Gasteiger partial charge in [0.1, 0.15) is 17.5 Å². The second-order valence-electron chi connectivity index (χ2n) is 5.70. The summed E-state index contributed by atoms with van der Waals surface area (Å²) < 4.78 is 5.89. The highest BCUT2D eigenvalue weighted by molar-refractivity contribution is 6.32. The van der Waals surface area contributed by atoms with Crippen LogP contribution in [-0.2, 0) is 0 Å². The van der Waals surface area contributed by atoms with Gasteiger partial charge in [0.05, 0.1) is 11.7 Å². The van der Waals surface area contributed by atoms with Gasteiger partial charge in [0.15, 0.2) is 0 Å². The summed E-state index contributed by atoms with van der Waals surface area (Å²) >= 11 is 6.23. The van der Waals surface area contributed by atoms with Crippen LogP contribution in [0.5, 0.6) is 5.75 Å². The Kier molecular flexibility index (Phi) is 5.32. The summed E-state index contributed by atoms with van der Waals surface area (Å²) in [5, 5.41) is 3.82. The molecule has 0 amide bonds. The Labute approximate surface area is 142 Å². The fourth-order valence-corrected chi connectivity index (χ4v) is 2.57. The lowest BCUT2D eigenvalue weighted by molar-refractivity contribution is 0.259. The summed E-state index contributed by atoms with van der Waals surface area (Å²) in [5.41, 5.74) is 3.32. The van der Waals surface area contributed by atoms with E-state index >= 15 is 0 Å². The maximum atomic E-state index is 6.23. The average Bonchev–Trinajstić information content (AvgIpc) is 3.27. The molecular formula is C17H20Cl2N2O. The van der Waals surface area contributed by atoms with E-state index in [1.54, 1.807) is 6.20 Å². The first-order valence-corrected chi connectivity index (χ1v) is 7.54. The number of nitrogens with zero attached hydrogens (tertiary/aromatic N) is 1. The fourth-order valence-electron chi connectivity index (χ4n) is 2.36. The van der Waals surface area contributed by atoms with E-state index in [4.69, 9.17) is 16.3 Å². The van der Waals surface area contributed by atoms with Crippen molar-refractivity contribution in [2.24, 2.45) is 0 Å². The predicted molar refractivity (Wildman–Crippen MR) is 93.2 cm³/mol. The molecule has 0 radical (unpaired) electrons. The number of aryl methyl sites for hydroxylation is 1. The number of benzene rings is 1. The SMILES string of the molecule is CNC1(COc2cnc(Cl)c(-c3cccc(C)c3)c2)CC1.Cl. The van der Waals surface area contributed by atoms with Crippen molar-refractivity contribution in [1.82, 2.24) is 10.3 Å². The number of pyridine rings is 1. The summed E-state index contributed by atoms with van der Waals surface area (Å²) in [6, 6.07) is 10.2. The molecule has 3 rings (SSSR count). The van der Waals surface area contributed by atoms with Gasteiger partial charge in [-0.1, -0.05) is 41.4 Å². The minimum absolute atomic E-state index is 0. The number of halogens is 2. The molecule has 1 heterocycles. The van der Waals surface area contributed by atoms with Crippen molar-refractivity contribution in [2.45, 2.75) is 25.3 Å². The van der Waals surface area contributed by atoms with E-state index < -0.39 is 0 Å². The summed E-state index contributed by atoms with van der Waals surface area (Å²) in [7, 11) is 1.98. The lowest BCUT2D eigenvalue weighted by atomic mass is 10.1. The van der Waals surface area contributed by atoms with Crippen molar-refractivity contribution in [3.8, 4) is 16.9 Å². The molecule has 0 saturated heterocycles. The molecule has 0 bridgehead atoms. The third-order valence-corrected chi connectivity index (χ3v) is 4.34. The Morgan fingerprint density at radius 1 is 1.32 bits per heavy atom. The minimum atomic E-state index is 0. The van der Waals surface area contributed by atoms with Crippen molar-refractivity contribution < 1.29 is 4.74 Å². The number of rotatable bonds is 5. The van der Waals surface area contributed by atoms with E-state index in [0.717, 1.165) is 29.7 Å². The molecule has 1 fully saturated rings. The number of aromatic nitrogens is 1. The molecule has 1 N–H and O–H groups in total. The second-order valence-corrected chi connectivity index (χ2v) is 6.06. The first-order valence-electron chi connectivity index (χ1n) is 7.16. The van der Waals surface area contributed by atoms with Crippen LogP contribution < -0.4 is 10.1 Å². The number of nitrogens with one attached hydrogen (secondary N) is 1. The fraction of sp³-hybridized carbons (Fsp3) is 0.353. The van der Waals surface area contributed by atoms with Crippen LogP contribution in [0.1, 0.15) is 18.4 Å². The first kappa shape index (κ1) is 17.1. The van der Waals surface area contributed by atoms with E-state index in [0.29, 0.717) is 11.8 Å². The van der Waals surface area contributed by atoms with Gasteiger partial charge in [-0.2, -0.15) is 0 Å². The highest BCUT2D eigenvalue weighted by Gasteiger charge is 2.41. The smallest absolute Gasteiger partial charge is 0.138 e. The van der Waals surface area contributed by atoms with Crippen LogP contribution >= 0.6 is 24.0 Å². The largest absolute Gasteiger partial charge is 0.490 e. The Balaban J connectivity index is 0.00000176. The van der Waals surface area contributed by atoms with Crippen LogP contribution in [0.15, 0.2) is 36.5 Å². The molecule has 0 unspecified atom stereocenters. The quantitative estimate of drug-likeness (QED) is 0.827. The topological polar surface area (TPSA) is 34.1 Å². The Bertz CT molecular complexity index is 657. The Hall–Kier alpha value is -1.29. The first-order chi connectivity index (χ1) is 10.1. The van der Waals surface area contributed by atoms with Gasteiger partial charge in [0.25, 0.3) is 0 Å². The molecule has 1 saturated carbocycles. The zero-order valence-electron chi connectivity index (χ0n) is 12.7. The van der Waals surface area contributed by atoms with Crippen LogP contribution in [0.3, 0.4) is 0 Å². The van der Waals surface area contributed by atoms with Crippen LogP contribution in [0.25, 0.3) is 11.1 Å². The van der Waals surface area contributed by atoms with Gasteiger partial charge in [-0.25, -0.2) is 4.98 Å². The Morgan fingerprint density at radius 2 is 2.09 bits per heavy atom. The highest BCUT2D eigenvalue weighted by Crippen LogP contribution is 2.36. The van der Waals surface area contributed by atoms with Gasteiger partial charge in [-0.05, 0) is 38.4 Å². The zero-order chi connectivity index (χ0) is 14.9. The van der Waals surface area contributed by atoms with Gasteiger partial charge in [-0.3, -0.25) is 0 Å². The molecule has 2 aromatic rings. The maximum Gasteiger partial charge on any atom is 0.138 e. The van der Waals surface area contributed by atoms with Crippen LogP contribution in [-0.4, -0.2) is 24.2 Å². The molecule has 118 valence electrons. The molecule has 22 heavy (non-hydrogen) atoms. The third-order valence-electron chi connectivity index (χ3n) is 4.04. The molecule has 0 aliphatic heterocycles. The highest BCUT2D eigenvalue weighted by atomic mass is 35.5. The van der Waals surface area contributed by atoms with Gasteiger partial charge < -0.3 is 10.1 Å². The summed E-state index contributed by atoms with van der Waals surface area (Å²) in [5.74, 6) is 0.762. The van der Waals surface area contributed by atoms with Gasteiger partial charge in [0, 0.05) is 5.56 Å². The van der Waals surface area contributed by atoms with Crippen molar-refractivity contribution in [3.05, 3.63) is 47.2 Å². The molecule has 1 aliphatic rings. The summed E-state index contributed by atoms with van der Waals surface area (Å²) in [6.45, 7) is 2.73. The monoisotopic (exact) mass is 338 g/mol. The van der Waals surface area contributed by atoms with Crippen molar-refractivity contribution >= 4 is 24.0 Å². The molecule has 5 heteroatoms.